The molecule has 0 saturated carbocycles. The molecule has 1 fully saturated rings. The second-order valence-corrected chi connectivity index (χ2v) is 10.6. The highest BCUT2D eigenvalue weighted by molar-refractivity contribution is 7.18. The quantitative estimate of drug-likeness (QED) is 0.729. The number of likely N-dealkylation sites (N-methyl/N-ethyl adjacent to an activating group) is 1. The first-order valence-electron chi connectivity index (χ1n) is 9.98. The fourth-order valence-corrected chi connectivity index (χ4v) is 6.00. The largest absolute Gasteiger partial charge is 0.383 e. The zero-order valence-corrected chi connectivity index (χ0v) is 19.4. The van der Waals surface area contributed by atoms with E-state index in [1.54, 1.807) is 24.1 Å². The van der Waals surface area contributed by atoms with Gasteiger partial charge in [-0.3, -0.25) is 9.59 Å². The van der Waals surface area contributed by atoms with Crippen LogP contribution in [0, 0.1) is 0 Å². The molecule has 4 heterocycles. The number of hydrogen-bond acceptors (Lipinski definition) is 7. The van der Waals surface area contributed by atoms with E-state index >= 15 is 0 Å². The number of carbonyl (C=O) groups excluding carboxylic acids is 2. The van der Waals surface area contributed by atoms with Gasteiger partial charge in [0.2, 0.25) is 0 Å². The number of likely N-dealkylation sites (tertiary alicyclic amines) is 1. The third-order valence-electron chi connectivity index (χ3n) is 5.58. The van der Waals surface area contributed by atoms with Crippen molar-refractivity contribution in [2.45, 2.75) is 31.3 Å². The van der Waals surface area contributed by atoms with Gasteiger partial charge in [-0.25, -0.2) is 4.98 Å². The van der Waals surface area contributed by atoms with Gasteiger partial charge < -0.3 is 19.9 Å². The molecule has 2 aliphatic heterocycles. The van der Waals surface area contributed by atoms with Crippen LogP contribution in [0.5, 0.6) is 0 Å². The fourth-order valence-electron chi connectivity index (χ4n) is 4.00. The average molecular weight is 469 g/mol. The number of methoxy groups -OCH3 is 1. The predicted molar refractivity (Wildman–Crippen MR) is 119 cm³/mol. The predicted octanol–water partition coefficient (Wildman–Crippen LogP) is 2.55. The summed E-state index contributed by atoms with van der Waals surface area (Å²) in [6.07, 6.45) is 2.46. The summed E-state index contributed by atoms with van der Waals surface area (Å²) in [5.74, 6) is -0.230. The summed E-state index contributed by atoms with van der Waals surface area (Å²) < 4.78 is 5.93. The maximum atomic E-state index is 13.3. The van der Waals surface area contributed by atoms with E-state index in [2.05, 4.69) is 22.2 Å². The number of thiophene rings is 1. The maximum absolute atomic E-state index is 13.3. The normalized spacial score (nSPS) is 22.0. The summed E-state index contributed by atoms with van der Waals surface area (Å²) in [4.78, 5) is 36.4. The Kier molecular flexibility index (Phi) is 6.74. The molecule has 0 aromatic carbocycles. The lowest BCUT2D eigenvalue weighted by atomic mass is 10.2. The van der Waals surface area contributed by atoms with Crippen LogP contribution in [0.15, 0.2) is 12.1 Å². The Morgan fingerprint density at radius 1 is 1.30 bits per heavy atom. The maximum Gasteiger partial charge on any atom is 0.283 e. The third-order valence-corrected chi connectivity index (χ3v) is 7.95. The van der Waals surface area contributed by atoms with Gasteiger partial charge in [-0.1, -0.05) is 11.6 Å². The molecule has 1 N–H and O–H groups in total. The summed E-state index contributed by atoms with van der Waals surface area (Å²) in [6.45, 7) is 2.82. The minimum absolute atomic E-state index is 0.0700. The van der Waals surface area contributed by atoms with E-state index in [9.17, 15) is 9.59 Å². The Balaban J connectivity index is 1.46. The van der Waals surface area contributed by atoms with Crippen LogP contribution in [-0.2, 0) is 17.6 Å². The molecule has 4 rings (SSSR count). The van der Waals surface area contributed by atoms with E-state index in [-0.39, 0.29) is 23.9 Å². The van der Waals surface area contributed by atoms with E-state index in [0.717, 1.165) is 31.6 Å². The van der Waals surface area contributed by atoms with E-state index < -0.39 is 0 Å². The number of nitrogens with zero attached hydrogens (tertiary/aromatic N) is 3. The molecule has 2 aromatic rings. The van der Waals surface area contributed by atoms with Gasteiger partial charge in [-0.2, -0.15) is 0 Å². The third kappa shape index (κ3) is 4.70. The lowest BCUT2D eigenvalue weighted by Gasteiger charge is -2.22. The Bertz CT molecular complexity index is 906. The van der Waals surface area contributed by atoms with E-state index in [1.165, 1.54) is 27.6 Å². The fraction of sp³-hybridized carbons (Fsp3) is 0.550. The number of carbonyl (C=O) groups is 2. The molecule has 0 spiro atoms. The molecule has 0 radical (unpaired) electrons. The van der Waals surface area contributed by atoms with Gasteiger partial charge in [0, 0.05) is 44.1 Å². The second-order valence-electron chi connectivity index (χ2n) is 7.77. The van der Waals surface area contributed by atoms with Crippen molar-refractivity contribution in [2.75, 3.05) is 40.4 Å². The van der Waals surface area contributed by atoms with Crippen LogP contribution in [0.4, 0.5) is 0 Å². The van der Waals surface area contributed by atoms with Gasteiger partial charge in [0.25, 0.3) is 11.8 Å². The van der Waals surface area contributed by atoms with Crippen LogP contribution in [0.1, 0.15) is 36.5 Å². The van der Waals surface area contributed by atoms with Crippen LogP contribution in [-0.4, -0.2) is 79.1 Å². The molecule has 10 heteroatoms. The summed E-state index contributed by atoms with van der Waals surface area (Å²) in [7, 11) is 3.74. The average Bonchev–Trinajstić information content (AvgIpc) is 3.41. The van der Waals surface area contributed by atoms with Crippen molar-refractivity contribution in [1.82, 2.24) is 20.1 Å². The number of rotatable bonds is 5. The molecular weight excluding hydrogens is 444 g/mol. The lowest BCUT2D eigenvalue weighted by molar-refractivity contribution is 0.0628. The van der Waals surface area contributed by atoms with Crippen molar-refractivity contribution < 1.29 is 14.3 Å². The molecule has 30 heavy (non-hydrogen) atoms. The first-order chi connectivity index (χ1) is 14.4. The molecule has 1 saturated heterocycles. The Labute approximate surface area is 189 Å². The van der Waals surface area contributed by atoms with Crippen molar-refractivity contribution in [2.24, 2.45) is 0 Å². The highest BCUT2D eigenvalue weighted by atomic mass is 35.5. The molecule has 7 nitrogen and oxygen atoms in total. The molecular formula is C20H25ClN4O3S2. The highest BCUT2D eigenvalue weighted by Gasteiger charge is 2.38. The number of fused-ring (bicyclic) bond motifs is 1. The molecule has 0 aliphatic carbocycles. The van der Waals surface area contributed by atoms with E-state index in [1.807, 2.05) is 0 Å². The SMILES string of the molecule is COCC1CC(NC(=O)c2ccc(Cl)s2)CN1C(=O)c1nc2c(s1)CCN(C)CC2. The summed E-state index contributed by atoms with van der Waals surface area (Å²) >= 11 is 8.70. The van der Waals surface area contributed by atoms with Crippen molar-refractivity contribution in [3.8, 4) is 0 Å². The Hall–Kier alpha value is -1.52. The molecule has 162 valence electrons. The first kappa shape index (κ1) is 21.7. The zero-order valence-electron chi connectivity index (χ0n) is 17.0. The van der Waals surface area contributed by atoms with E-state index in [4.69, 9.17) is 16.3 Å². The minimum Gasteiger partial charge on any atom is -0.383 e. The van der Waals surface area contributed by atoms with Gasteiger partial charge in [-0.05, 0) is 32.0 Å². The smallest absolute Gasteiger partial charge is 0.283 e. The van der Waals surface area contributed by atoms with Crippen LogP contribution in [0.25, 0.3) is 0 Å². The first-order valence-corrected chi connectivity index (χ1v) is 12.0. The molecule has 2 aliphatic rings. The molecule has 2 amide bonds. The monoisotopic (exact) mass is 468 g/mol. The lowest BCUT2D eigenvalue weighted by Crippen LogP contribution is -2.40. The number of nitrogens with one attached hydrogen (secondary N) is 1. The van der Waals surface area contributed by atoms with Crippen molar-refractivity contribution >= 4 is 46.1 Å². The molecule has 0 bridgehead atoms. The number of thiazole rings is 1. The summed E-state index contributed by atoms with van der Waals surface area (Å²) in [5, 5.41) is 3.58. The zero-order chi connectivity index (χ0) is 21.3. The van der Waals surface area contributed by atoms with E-state index in [0.29, 0.717) is 33.8 Å². The standard InChI is InChI=1S/C20H25ClN4O3S2/c1-24-7-5-14-15(6-8-24)30-19(23-14)20(27)25-10-12(9-13(25)11-28-2)22-18(26)16-3-4-17(21)29-16/h3-4,12-13H,5-11H2,1-2H3,(H,22,26). The van der Waals surface area contributed by atoms with Gasteiger partial charge in [-0.15, -0.1) is 22.7 Å². The van der Waals surface area contributed by atoms with Crippen molar-refractivity contribution in [1.29, 1.82) is 0 Å². The number of ether oxygens (including phenoxy) is 1. The minimum atomic E-state index is -0.160. The molecule has 2 atom stereocenters. The Morgan fingerprint density at radius 3 is 2.83 bits per heavy atom. The number of amides is 2. The molecule has 2 aromatic heterocycles. The summed E-state index contributed by atoms with van der Waals surface area (Å²) in [6, 6.07) is 3.21. The number of aromatic nitrogens is 1. The summed E-state index contributed by atoms with van der Waals surface area (Å²) in [5.41, 5.74) is 1.05. The van der Waals surface area contributed by atoms with Crippen LogP contribution in [0.2, 0.25) is 4.34 Å². The van der Waals surface area contributed by atoms with Gasteiger partial charge in [0.15, 0.2) is 5.01 Å². The van der Waals surface area contributed by atoms with Crippen molar-refractivity contribution in [3.05, 3.63) is 36.9 Å². The van der Waals surface area contributed by atoms with Crippen LogP contribution < -0.4 is 5.32 Å². The highest BCUT2D eigenvalue weighted by Crippen LogP contribution is 2.28. The number of halogens is 1. The van der Waals surface area contributed by atoms with Gasteiger partial charge >= 0.3 is 0 Å². The Morgan fingerprint density at radius 2 is 2.10 bits per heavy atom. The van der Waals surface area contributed by atoms with Crippen LogP contribution >= 0.6 is 34.3 Å². The van der Waals surface area contributed by atoms with Crippen LogP contribution in [0.3, 0.4) is 0 Å². The van der Waals surface area contributed by atoms with Crippen molar-refractivity contribution in [3.63, 3.8) is 0 Å². The van der Waals surface area contributed by atoms with Gasteiger partial charge in [0.1, 0.15) is 0 Å². The molecule has 2 unspecified atom stereocenters. The topological polar surface area (TPSA) is 74.8 Å². The second kappa shape index (κ2) is 9.32. The van der Waals surface area contributed by atoms with Gasteiger partial charge in [0.05, 0.1) is 27.6 Å². The number of hydrogen-bond donors (Lipinski definition) is 1.